The van der Waals surface area contributed by atoms with Crippen LogP contribution in [0, 0.1) is 0 Å². The number of aryl methyl sites for hydroxylation is 1. The van der Waals surface area contributed by atoms with Gasteiger partial charge in [0.05, 0.1) is 0 Å². The van der Waals surface area contributed by atoms with E-state index in [4.69, 9.17) is 11.6 Å². The van der Waals surface area contributed by atoms with Gasteiger partial charge in [-0.3, -0.25) is 9.59 Å². The van der Waals surface area contributed by atoms with Gasteiger partial charge in [0.25, 0.3) is 0 Å². The fourth-order valence-corrected chi connectivity index (χ4v) is 1.60. The minimum Gasteiger partial charge on any atom is -0.354 e. The van der Waals surface area contributed by atoms with Crippen molar-refractivity contribution in [3.63, 3.8) is 0 Å². The Morgan fingerprint density at radius 2 is 1.62 bits per heavy atom. The number of alkyl halides is 3. The number of amides is 2. The van der Waals surface area contributed by atoms with Crippen LogP contribution < -0.4 is 10.6 Å². The minimum atomic E-state index is -4.90. The maximum Gasteiger partial charge on any atom is 0.471 e. The Morgan fingerprint density at radius 1 is 1.05 bits per heavy atom. The Morgan fingerprint density at radius 3 is 2.19 bits per heavy atom. The van der Waals surface area contributed by atoms with E-state index in [9.17, 15) is 22.8 Å². The molecule has 2 N–H and O–H groups in total. The molecule has 0 atom stereocenters. The third-order valence-electron chi connectivity index (χ3n) is 2.54. The molecule has 116 valence electrons. The van der Waals surface area contributed by atoms with E-state index in [0.29, 0.717) is 11.4 Å². The molecule has 0 heterocycles. The summed E-state index contributed by atoms with van der Waals surface area (Å²) in [6.07, 6.45) is -4.20. The Balaban J connectivity index is 2.17. The molecule has 0 saturated heterocycles. The van der Waals surface area contributed by atoms with Crippen LogP contribution in [-0.4, -0.2) is 31.1 Å². The molecule has 1 aromatic rings. The number of hydrogen-bond donors (Lipinski definition) is 2. The topological polar surface area (TPSA) is 58.2 Å². The maximum absolute atomic E-state index is 11.9. The largest absolute Gasteiger partial charge is 0.471 e. The summed E-state index contributed by atoms with van der Waals surface area (Å²) in [7, 11) is 0. The summed E-state index contributed by atoms with van der Waals surface area (Å²) in [4.78, 5) is 21.9. The van der Waals surface area contributed by atoms with Crippen molar-refractivity contribution >= 4 is 23.4 Å². The van der Waals surface area contributed by atoms with Crippen molar-refractivity contribution in [2.75, 3.05) is 13.1 Å². The van der Waals surface area contributed by atoms with Crippen LogP contribution in [0.5, 0.6) is 0 Å². The summed E-state index contributed by atoms with van der Waals surface area (Å²) in [5.41, 5.74) is 0.930. The predicted molar refractivity (Wildman–Crippen MR) is 71.8 cm³/mol. The second kappa shape index (κ2) is 7.87. The van der Waals surface area contributed by atoms with Gasteiger partial charge in [0.2, 0.25) is 5.91 Å². The number of carbonyl (C=O) groups is 2. The van der Waals surface area contributed by atoms with Crippen molar-refractivity contribution in [1.29, 1.82) is 0 Å². The highest BCUT2D eigenvalue weighted by atomic mass is 35.5. The second-order valence-electron chi connectivity index (χ2n) is 4.23. The Kier molecular flexibility index (Phi) is 6.48. The van der Waals surface area contributed by atoms with Gasteiger partial charge >= 0.3 is 12.1 Å². The standard InChI is InChI=1S/C13H14ClF3N2O2/c14-10-4-1-9(2-5-10)3-6-11(20)18-7-8-19-12(21)13(15,16)17/h1-2,4-5H,3,6-8H2,(H,18,20)(H,19,21). The molecule has 0 aliphatic heterocycles. The smallest absolute Gasteiger partial charge is 0.354 e. The van der Waals surface area contributed by atoms with Gasteiger partial charge in [-0.05, 0) is 24.1 Å². The van der Waals surface area contributed by atoms with Crippen LogP contribution in [0.1, 0.15) is 12.0 Å². The number of carbonyl (C=O) groups excluding carboxylic acids is 2. The van der Waals surface area contributed by atoms with E-state index in [-0.39, 0.29) is 25.4 Å². The van der Waals surface area contributed by atoms with Crippen LogP contribution in [0.3, 0.4) is 0 Å². The van der Waals surface area contributed by atoms with Gasteiger partial charge in [-0.2, -0.15) is 13.2 Å². The third-order valence-corrected chi connectivity index (χ3v) is 2.80. The van der Waals surface area contributed by atoms with Crippen LogP contribution in [0.25, 0.3) is 0 Å². The minimum absolute atomic E-state index is 0.0543. The van der Waals surface area contributed by atoms with Gasteiger partial charge < -0.3 is 10.6 Å². The van der Waals surface area contributed by atoms with Crippen LogP contribution in [0.2, 0.25) is 5.02 Å². The third kappa shape index (κ3) is 6.99. The number of nitrogens with one attached hydrogen (secondary N) is 2. The molecule has 21 heavy (non-hydrogen) atoms. The molecule has 2 amide bonds. The van der Waals surface area contributed by atoms with Gasteiger partial charge in [0, 0.05) is 24.5 Å². The second-order valence-corrected chi connectivity index (χ2v) is 4.67. The number of benzene rings is 1. The highest BCUT2D eigenvalue weighted by Crippen LogP contribution is 2.13. The monoisotopic (exact) mass is 322 g/mol. The zero-order valence-corrected chi connectivity index (χ0v) is 11.7. The molecule has 0 aromatic heterocycles. The van der Waals surface area contributed by atoms with Crippen molar-refractivity contribution in [3.8, 4) is 0 Å². The lowest BCUT2D eigenvalue weighted by Gasteiger charge is -2.08. The van der Waals surface area contributed by atoms with E-state index in [1.54, 1.807) is 29.6 Å². The lowest BCUT2D eigenvalue weighted by atomic mass is 10.1. The molecule has 0 spiro atoms. The zero-order valence-electron chi connectivity index (χ0n) is 11.0. The highest BCUT2D eigenvalue weighted by Gasteiger charge is 2.38. The maximum atomic E-state index is 11.9. The summed E-state index contributed by atoms with van der Waals surface area (Å²) in [6, 6.07) is 7.00. The molecule has 0 unspecified atom stereocenters. The van der Waals surface area contributed by atoms with Crippen LogP contribution in [0.4, 0.5) is 13.2 Å². The average Bonchev–Trinajstić information content (AvgIpc) is 2.41. The molecule has 0 fully saturated rings. The molecular weight excluding hydrogens is 309 g/mol. The van der Waals surface area contributed by atoms with Gasteiger partial charge in [0.1, 0.15) is 0 Å². The predicted octanol–water partition coefficient (Wildman–Crippen LogP) is 2.07. The van der Waals surface area contributed by atoms with Gasteiger partial charge in [-0.15, -0.1) is 0 Å². The first-order chi connectivity index (χ1) is 9.79. The first-order valence-electron chi connectivity index (χ1n) is 6.15. The molecule has 0 saturated carbocycles. The molecule has 0 aliphatic carbocycles. The Hall–Kier alpha value is -1.76. The lowest BCUT2D eigenvalue weighted by molar-refractivity contribution is -0.173. The van der Waals surface area contributed by atoms with Crippen molar-refractivity contribution in [2.45, 2.75) is 19.0 Å². The fraction of sp³-hybridized carbons (Fsp3) is 0.385. The molecule has 1 rings (SSSR count). The van der Waals surface area contributed by atoms with E-state index in [0.717, 1.165) is 5.56 Å². The molecule has 1 aromatic carbocycles. The van der Waals surface area contributed by atoms with Gasteiger partial charge in [-0.1, -0.05) is 23.7 Å². The molecule has 4 nitrogen and oxygen atoms in total. The van der Waals surface area contributed by atoms with E-state index >= 15 is 0 Å². The highest BCUT2D eigenvalue weighted by molar-refractivity contribution is 6.30. The number of hydrogen-bond acceptors (Lipinski definition) is 2. The summed E-state index contributed by atoms with van der Waals surface area (Å²) in [5, 5.41) is 4.69. The summed E-state index contributed by atoms with van der Waals surface area (Å²) in [6.45, 7) is -0.327. The molecule has 8 heteroatoms. The van der Waals surface area contributed by atoms with Crippen LogP contribution in [0.15, 0.2) is 24.3 Å². The molecular formula is C13H14ClF3N2O2. The van der Waals surface area contributed by atoms with E-state index in [2.05, 4.69) is 5.32 Å². The molecule has 0 radical (unpaired) electrons. The van der Waals surface area contributed by atoms with E-state index in [1.165, 1.54) is 0 Å². The Bertz CT molecular complexity index is 489. The number of halogens is 4. The first-order valence-corrected chi connectivity index (χ1v) is 6.53. The van der Waals surface area contributed by atoms with Gasteiger partial charge in [0.15, 0.2) is 0 Å². The zero-order chi connectivity index (χ0) is 15.9. The summed E-state index contributed by atoms with van der Waals surface area (Å²) < 4.78 is 35.6. The normalized spacial score (nSPS) is 11.0. The molecule has 0 aliphatic rings. The quantitative estimate of drug-likeness (QED) is 0.788. The van der Waals surface area contributed by atoms with Crippen LogP contribution >= 0.6 is 11.6 Å². The van der Waals surface area contributed by atoms with Crippen LogP contribution in [-0.2, 0) is 16.0 Å². The van der Waals surface area contributed by atoms with E-state index in [1.807, 2.05) is 0 Å². The SMILES string of the molecule is O=C(CCc1ccc(Cl)cc1)NCCNC(=O)C(F)(F)F. The summed E-state index contributed by atoms with van der Waals surface area (Å²) >= 11 is 5.72. The van der Waals surface area contributed by atoms with Gasteiger partial charge in [-0.25, -0.2) is 0 Å². The first kappa shape index (κ1) is 17.3. The summed E-state index contributed by atoms with van der Waals surface area (Å²) in [5.74, 6) is -2.32. The van der Waals surface area contributed by atoms with Crippen molar-refractivity contribution in [2.24, 2.45) is 0 Å². The van der Waals surface area contributed by atoms with Crippen molar-refractivity contribution in [3.05, 3.63) is 34.9 Å². The number of rotatable bonds is 6. The fourth-order valence-electron chi connectivity index (χ4n) is 1.48. The van der Waals surface area contributed by atoms with Crippen molar-refractivity contribution in [1.82, 2.24) is 10.6 Å². The average molecular weight is 323 g/mol. The Labute approximate surface area is 124 Å². The lowest BCUT2D eigenvalue weighted by Crippen LogP contribution is -2.41. The van der Waals surface area contributed by atoms with E-state index < -0.39 is 12.1 Å². The van der Waals surface area contributed by atoms with Crippen molar-refractivity contribution < 1.29 is 22.8 Å². The molecule has 0 bridgehead atoms.